The number of aliphatic imine (C=N–C) groups is 1. The Morgan fingerprint density at radius 1 is 0.870 bits per heavy atom. The third-order valence-electron chi connectivity index (χ3n) is 8.10. The zero-order valence-corrected chi connectivity index (χ0v) is 26.7. The summed E-state index contributed by atoms with van der Waals surface area (Å²) in [5, 5.41) is 13.4. The lowest BCUT2D eigenvalue weighted by Gasteiger charge is -2.33. The summed E-state index contributed by atoms with van der Waals surface area (Å²) in [4.78, 5) is 45.8. The van der Waals surface area contributed by atoms with Gasteiger partial charge in [-0.1, -0.05) is 84.9 Å². The SMILES string of the molecule is CCN(C(=O)C(CCCN=C(N)N)NCCNC(=O)Cc1cccc2ccccc12)C(Cc1ccc2ccccc2c1)C(=O)NC. The van der Waals surface area contributed by atoms with E-state index in [0.29, 0.717) is 45.4 Å². The summed E-state index contributed by atoms with van der Waals surface area (Å²) >= 11 is 0. The highest BCUT2D eigenvalue weighted by molar-refractivity contribution is 5.91. The Bertz CT molecular complexity index is 1660. The molecule has 0 spiro atoms. The van der Waals surface area contributed by atoms with Crippen molar-refractivity contribution in [3.8, 4) is 0 Å². The molecule has 0 aliphatic carbocycles. The first-order valence-corrected chi connectivity index (χ1v) is 15.8. The van der Waals surface area contributed by atoms with Gasteiger partial charge in [-0.2, -0.15) is 0 Å². The van der Waals surface area contributed by atoms with Gasteiger partial charge >= 0.3 is 0 Å². The van der Waals surface area contributed by atoms with Gasteiger partial charge in [0.15, 0.2) is 5.96 Å². The summed E-state index contributed by atoms with van der Waals surface area (Å²) in [5.74, 6) is -0.527. The van der Waals surface area contributed by atoms with E-state index in [1.165, 1.54) is 0 Å². The lowest BCUT2D eigenvalue weighted by atomic mass is 9.99. The molecule has 0 bridgehead atoms. The summed E-state index contributed by atoms with van der Waals surface area (Å²) < 4.78 is 0. The molecule has 4 aromatic carbocycles. The third kappa shape index (κ3) is 9.28. The van der Waals surface area contributed by atoms with E-state index in [2.05, 4.69) is 27.0 Å². The second-order valence-electron chi connectivity index (χ2n) is 11.3. The largest absolute Gasteiger partial charge is 0.370 e. The van der Waals surface area contributed by atoms with Crippen LogP contribution in [0.2, 0.25) is 0 Å². The number of nitrogens with zero attached hydrogens (tertiary/aromatic N) is 2. The Hall–Kier alpha value is -4.96. The molecule has 4 rings (SSSR count). The van der Waals surface area contributed by atoms with E-state index in [9.17, 15) is 14.4 Å². The smallest absolute Gasteiger partial charge is 0.242 e. The molecule has 0 fully saturated rings. The van der Waals surface area contributed by atoms with Crippen LogP contribution in [0.5, 0.6) is 0 Å². The van der Waals surface area contributed by atoms with Gasteiger partial charge in [-0.25, -0.2) is 0 Å². The van der Waals surface area contributed by atoms with E-state index >= 15 is 0 Å². The Morgan fingerprint density at radius 3 is 2.33 bits per heavy atom. The molecule has 0 aromatic heterocycles. The molecule has 10 heteroatoms. The summed E-state index contributed by atoms with van der Waals surface area (Å²) in [6.45, 7) is 3.30. The Labute approximate surface area is 270 Å². The minimum absolute atomic E-state index is 0.00464. The number of benzene rings is 4. The van der Waals surface area contributed by atoms with Crippen molar-refractivity contribution < 1.29 is 14.4 Å². The van der Waals surface area contributed by atoms with Gasteiger partial charge < -0.3 is 32.3 Å². The molecule has 0 aliphatic rings. The predicted molar refractivity (Wildman–Crippen MR) is 185 cm³/mol. The number of nitrogens with two attached hydrogens (primary N) is 2. The number of carbonyl (C=O) groups excluding carboxylic acids is 3. The first-order chi connectivity index (χ1) is 22.3. The topological polar surface area (TPSA) is 155 Å². The van der Waals surface area contributed by atoms with E-state index in [1.54, 1.807) is 11.9 Å². The fourth-order valence-electron chi connectivity index (χ4n) is 5.78. The fraction of sp³-hybridized carbons (Fsp3) is 0.333. The summed E-state index contributed by atoms with van der Waals surface area (Å²) in [7, 11) is 1.58. The van der Waals surface area contributed by atoms with Crippen molar-refractivity contribution in [2.24, 2.45) is 16.5 Å². The van der Waals surface area contributed by atoms with Crippen LogP contribution in [-0.4, -0.2) is 73.9 Å². The molecular weight excluding hydrogens is 578 g/mol. The summed E-state index contributed by atoms with van der Waals surface area (Å²) in [5.41, 5.74) is 12.9. The highest BCUT2D eigenvalue weighted by Crippen LogP contribution is 2.20. The molecule has 0 heterocycles. The molecule has 7 N–H and O–H groups in total. The molecule has 2 unspecified atom stereocenters. The van der Waals surface area contributed by atoms with Crippen LogP contribution in [0.15, 0.2) is 89.9 Å². The number of likely N-dealkylation sites (N-methyl/N-ethyl adjacent to an activating group) is 2. The number of hydrogen-bond donors (Lipinski definition) is 5. The van der Waals surface area contributed by atoms with E-state index in [-0.39, 0.29) is 30.1 Å². The predicted octanol–water partition coefficient (Wildman–Crippen LogP) is 2.87. The first kappa shape index (κ1) is 33.9. The molecular formula is C36H45N7O3. The summed E-state index contributed by atoms with van der Waals surface area (Å²) in [6, 6.07) is 26.8. The molecule has 0 saturated carbocycles. The van der Waals surface area contributed by atoms with Gasteiger partial charge in [0.25, 0.3) is 0 Å². The zero-order chi connectivity index (χ0) is 32.9. The van der Waals surface area contributed by atoms with Crippen LogP contribution in [0.4, 0.5) is 0 Å². The van der Waals surface area contributed by atoms with E-state index < -0.39 is 12.1 Å². The van der Waals surface area contributed by atoms with Gasteiger partial charge in [-0.05, 0) is 52.4 Å². The normalized spacial score (nSPS) is 12.3. The van der Waals surface area contributed by atoms with Gasteiger partial charge in [-0.15, -0.1) is 0 Å². The van der Waals surface area contributed by atoms with E-state index in [4.69, 9.17) is 11.5 Å². The van der Waals surface area contributed by atoms with Crippen LogP contribution < -0.4 is 27.4 Å². The van der Waals surface area contributed by atoms with Crippen LogP contribution in [0.3, 0.4) is 0 Å². The quantitative estimate of drug-likeness (QED) is 0.0735. The van der Waals surface area contributed by atoms with Crippen LogP contribution in [0.1, 0.15) is 30.9 Å². The fourth-order valence-corrected chi connectivity index (χ4v) is 5.78. The van der Waals surface area contributed by atoms with Gasteiger partial charge in [-0.3, -0.25) is 19.4 Å². The van der Waals surface area contributed by atoms with Crippen molar-refractivity contribution in [2.45, 2.75) is 44.7 Å². The highest BCUT2D eigenvalue weighted by Gasteiger charge is 2.32. The van der Waals surface area contributed by atoms with Crippen LogP contribution in [-0.2, 0) is 27.2 Å². The van der Waals surface area contributed by atoms with Crippen molar-refractivity contribution in [1.29, 1.82) is 0 Å². The molecule has 4 aromatic rings. The number of hydrogen-bond acceptors (Lipinski definition) is 5. The first-order valence-electron chi connectivity index (χ1n) is 15.8. The van der Waals surface area contributed by atoms with Gasteiger partial charge in [0, 0.05) is 39.6 Å². The molecule has 10 nitrogen and oxygen atoms in total. The van der Waals surface area contributed by atoms with Crippen LogP contribution in [0.25, 0.3) is 21.5 Å². The van der Waals surface area contributed by atoms with Crippen LogP contribution >= 0.6 is 0 Å². The lowest BCUT2D eigenvalue weighted by Crippen LogP contribution is -2.56. The average Bonchev–Trinajstić information content (AvgIpc) is 3.07. The number of amides is 3. The van der Waals surface area contributed by atoms with Crippen molar-refractivity contribution >= 4 is 45.2 Å². The molecule has 242 valence electrons. The number of carbonyl (C=O) groups is 3. The van der Waals surface area contributed by atoms with E-state index in [0.717, 1.165) is 32.7 Å². The Kier molecular flexibility index (Phi) is 12.5. The summed E-state index contributed by atoms with van der Waals surface area (Å²) in [6.07, 6.45) is 1.64. The second-order valence-corrected chi connectivity index (χ2v) is 11.3. The Morgan fingerprint density at radius 2 is 1.59 bits per heavy atom. The number of nitrogens with one attached hydrogen (secondary N) is 3. The lowest BCUT2D eigenvalue weighted by molar-refractivity contribution is -0.141. The minimum atomic E-state index is -0.703. The van der Waals surface area contributed by atoms with E-state index in [1.807, 2.05) is 85.8 Å². The number of guanidine groups is 1. The maximum absolute atomic E-state index is 14.1. The van der Waals surface area contributed by atoms with Crippen molar-refractivity contribution in [2.75, 3.05) is 33.2 Å². The maximum atomic E-state index is 14.1. The second kappa shape index (κ2) is 16.9. The van der Waals surface area contributed by atoms with Gasteiger partial charge in [0.1, 0.15) is 6.04 Å². The molecule has 2 atom stereocenters. The van der Waals surface area contributed by atoms with Crippen molar-refractivity contribution in [3.63, 3.8) is 0 Å². The maximum Gasteiger partial charge on any atom is 0.242 e. The van der Waals surface area contributed by atoms with Crippen LogP contribution in [0, 0.1) is 0 Å². The number of rotatable bonds is 16. The Balaban J connectivity index is 1.43. The minimum Gasteiger partial charge on any atom is -0.370 e. The van der Waals surface area contributed by atoms with Gasteiger partial charge in [0.2, 0.25) is 17.7 Å². The van der Waals surface area contributed by atoms with Gasteiger partial charge in [0.05, 0.1) is 12.5 Å². The van der Waals surface area contributed by atoms with Crippen molar-refractivity contribution in [3.05, 3.63) is 96.1 Å². The highest BCUT2D eigenvalue weighted by atomic mass is 16.2. The molecule has 0 aliphatic heterocycles. The number of fused-ring (bicyclic) bond motifs is 2. The van der Waals surface area contributed by atoms with Crippen molar-refractivity contribution in [1.82, 2.24) is 20.9 Å². The molecule has 0 radical (unpaired) electrons. The third-order valence-corrected chi connectivity index (χ3v) is 8.10. The molecule has 3 amide bonds. The zero-order valence-electron chi connectivity index (χ0n) is 26.7. The standard InChI is InChI=1S/C36H45N7O3/c1-3-43(32(34(45)39-2)23-25-17-18-26-10-4-5-12-28(26)22-25)35(46)31(16-9-19-42-36(37)38)40-20-21-41-33(44)24-29-14-8-13-27-11-6-7-15-30(27)29/h4-8,10-15,17-18,22,31-32,40H,3,9,16,19-21,23-24H2,1-2H3,(H,39,45)(H,41,44)(H4,37,38,42). The monoisotopic (exact) mass is 623 g/mol. The molecule has 0 saturated heterocycles. The average molecular weight is 624 g/mol. The molecule has 46 heavy (non-hydrogen) atoms.